The molecule has 0 saturated carbocycles. The molecule has 17 heavy (non-hydrogen) atoms. The van der Waals surface area contributed by atoms with Crippen molar-refractivity contribution in [2.45, 2.75) is 26.3 Å². The number of rotatable bonds is 3. The average molecular weight is 251 g/mol. The maximum atomic E-state index is 11.9. The van der Waals surface area contributed by atoms with Gasteiger partial charge < -0.3 is 10.3 Å². The van der Waals surface area contributed by atoms with E-state index in [4.69, 9.17) is 11.6 Å². The first-order chi connectivity index (χ1) is 8.11. The molecule has 2 rings (SSSR count). The predicted octanol–water partition coefficient (Wildman–Crippen LogP) is 3.35. The summed E-state index contributed by atoms with van der Waals surface area (Å²) in [7, 11) is 0. The Bertz CT molecular complexity index is 547. The van der Waals surface area contributed by atoms with Crippen LogP contribution in [0.1, 0.15) is 30.8 Å². The van der Waals surface area contributed by atoms with Crippen molar-refractivity contribution in [2.24, 2.45) is 0 Å². The molecule has 0 aliphatic heterocycles. The van der Waals surface area contributed by atoms with Gasteiger partial charge in [0.2, 0.25) is 0 Å². The summed E-state index contributed by atoms with van der Waals surface area (Å²) in [5.41, 5.74) is 1.36. The van der Waals surface area contributed by atoms with E-state index in [9.17, 15) is 4.79 Å². The van der Waals surface area contributed by atoms with Crippen LogP contribution >= 0.6 is 11.6 Å². The third-order valence-electron chi connectivity index (χ3n) is 2.84. The average Bonchev–Trinajstić information content (AvgIpc) is 2.74. The summed E-state index contributed by atoms with van der Waals surface area (Å²) in [6.45, 7) is 4.01. The van der Waals surface area contributed by atoms with Gasteiger partial charge in [0, 0.05) is 11.4 Å². The number of para-hydroxylation sites is 1. The Labute approximate surface area is 105 Å². The Morgan fingerprint density at radius 3 is 2.94 bits per heavy atom. The first-order valence-corrected chi connectivity index (χ1v) is 6.07. The van der Waals surface area contributed by atoms with Gasteiger partial charge in [-0.05, 0) is 25.5 Å². The maximum Gasteiger partial charge on any atom is 0.267 e. The first kappa shape index (κ1) is 12.0. The molecule has 1 atom stereocenters. The molecule has 1 aromatic heterocycles. The van der Waals surface area contributed by atoms with Gasteiger partial charge >= 0.3 is 0 Å². The van der Waals surface area contributed by atoms with Crippen LogP contribution in [0.3, 0.4) is 0 Å². The zero-order valence-corrected chi connectivity index (χ0v) is 10.6. The molecule has 4 heteroatoms. The van der Waals surface area contributed by atoms with E-state index in [0.29, 0.717) is 10.7 Å². The SMILES string of the molecule is CCC(C)NC(=O)c1cc2cccc(Cl)c2[nH]1. The van der Waals surface area contributed by atoms with Crippen LogP contribution in [0.15, 0.2) is 24.3 Å². The second-order valence-corrected chi connectivity index (χ2v) is 4.58. The molecule has 0 radical (unpaired) electrons. The number of fused-ring (bicyclic) bond motifs is 1. The van der Waals surface area contributed by atoms with Crippen molar-refractivity contribution in [1.29, 1.82) is 0 Å². The van der Waals surface area contributed by atoms with Crippen LogP contribution < -0.4 is 5.32 Å². The second-order valence-electron chi connectivity index (χ2n) is 4.17. The fourth-order valence-electron chi connectivity index (χ4n) is 1.65. The summed E-state index contributed by atoms with van der Waals surface area (Å²) in [6.07, 6.45) is 0.909. The normalized spacial score (nSPS) is 12.6. The van der Waals surface area contributed by atoms with Gasteiger partial charge in [-0.2, -0.15) is 0 Å². The predicted molar refractivity (Wildman–Crippen MR) is 70.5 cm³/mol. The van der Waals surface area contributed by atoms with E-state index >= 15 is 0 Å². The fourth-order valence-corrected chi connectivity index (χ4v) is 1.87. The summed E-state index contributed by atoms with van der Waals surface area (Å²) in [6, 6.07) is 7.59. The van der Waals surface area contributed by atoms with E-state index in [-0.39, 0.29) is 11.9 Å². The Kier molecular flexibility index (Phi) is 3.38. The minimum Gasteiger partial charge on any atom is -0.349 e. The third kappa shape index (κ3) is 2.44. The molecule has 1 amide bonds. The summed E-state index contributed by atoms with van der Waals surface area (Å²) in [5, 5.41) is 4.49. The molecule has 1 aromatic carbocycles. The number of H-pyrrole nitrogens is 1. The van der Waals surface area contributed by atoms with E-state index in [1.165, 1.54) is 0 Å². The van der Waals surface area contributed by atoms with Gasteiger partial charge in [-0.1, -0.05) is 30.7 Å². The van der Waals surface area contributed by atoms with Crippen molar-refractivity contribution in [3.05, 3.63) is 35.0 Å². The van der Waals surface area contributed by atoms with E-state index in [1.807, 2.05) is 32.0 Å². The maximum absolute atomic E-state index is 11.9. The summed E-state index contributed by atoms with van der Waals surface area (Å²) in [4.78, 5) is 15.0. The fraction of sp³-hybridized carbons (Fsp3) is 0.308. The molecule has 1 heterocycles. The Hall–Kier alpha value is -1.48. The smallest absolute Gasteiger partial charge is 0.267 e. The lowest BCUT2D eigenvalue weighted by Gasteiger charge is -2.09. The van der Waals surface area contributed by atoms with Crippen molar-refractivity contribution in [2.75, 3.05) is 0 Å². The molecule has 0 bridgehead atoms. The van der Waals surface area contributed by atoms with Crippen molar-refractivity contribution in [3.63, 3.8) is 0 Å². The molecule has 2 aromatic rings. The van der Waals surface area contributed by atoms with Crippen molar-refractivity contribution < 1.29 is 4.79 Å². The van der Waals surface area contributed by atoms with Gasteiger partial charge in [0.25, 0.3) is 5.91 Å². The number of carbonyl (C=O) groups excluding carboxylic acids is 1. The first-order valence-electron chi connectivity index (χ1n) is 5.70. The molecular weight excluding hydrogens is 236 g/mol. The van der Waals surface area contributed by atoms with Gasteiger partial charge in [-0.15, -0.1) is 0 Å². The molecule has 1 unspecified atom stereocenters. The lowest BCUT2D eigenvalue weighted by atomic mass is 10.2. The zero-order chi connectivity index (χ0) is 12.4. The zero-order valence-electron chi connectivity index (χ0n) is 9.88. The largest absolute Gasteiger partial charge is 0.349 e. The molecule has 0 aliphatic rings. The number of benzene rings is 1. The standard InChI is InChI=1S/C13H15ClN2O/c1-3-8(2)15-13(17)11-7-9-5-4-6-10(14)12(9)16-11/h4-8,16H,3H2,1-2H3,(H,15,17). The molecule has 0 aliphatic carbocycles. The number of carbonyl (C=O) groups is 1. The number of nitrogens with one attached hydrogen (secondary N) is 2. The van der Waals surface area contributed by atoms with E-state index in [1.54, 1.807) is 6.07 Å². The minimum atomic E-state index is -0.0911. The van der Waals surface area contributed by atoms with Gasteiger partial charge in [0.05, 0.1) is 10.5 Å². The van der Waals surface area contributed by atoms with Gasteiger partial charge in [0.1, 0.15) is 5.69 Å². The van der Waals surface area contributed by atoms with Crippen LogP contribution in [0.25, 0.3) is 10.9 Å². The monoisotopic (exact) mass is 250 g/mol. The topological polar surface area (TPSA) is 44.9 Å². The Balaban J connectivity index is 2.30. The van der Waals surface area contributed by atoms with Crippen LogP contribution in [-0.4, -0.2) is 16.9 Å². The van der Waals surface area contributed by atoms with Crippen LogP contribution in [0.5, 0.6) is 0 Å². The third-order valence-corrected chi connectivity index (χ3v) is 3.15. The molecular formula is C13H15ClN2O. The van der Waals surface area contributed by atoms with E-state index in [0.717, 1.165) is 17.3 Å². The molecule has 3 nitrogen and oxygen atoms in total. The van der Waals surface area contributed by atoms with Crippen LogP contribution in [0.4, 0.5) is 0 Å². The van der Waals surface area contributed by atoms with Crippen molar-refractivity contribution >= 4 is 28.4 Å². The minimum absolute atomic E-state index is 0.0911. The highest BCUT2D eigenvalue weighted by Gasteiger charge is 2.12. The molecule has 0 fully saturated rings. The number of halogens is 1. The highest BCUT2D eigenvalue weighted by Crippen LogP contribution is 2.23. The highest BCUT2D eigenvalue weighted by molar-refractivity contribution is 6.35. The van der Waals surface area contributed by atoms with Crippen LogP contribution in [-0.2, 0) is 0 Å². The quantitative estimate of drug-likeness (QED) is 0.862. The van der Waals surface area contributed by atoms with E-state index < -0.39 is 0 Å². The number of hydrogen-bond acceptors (Lipinski definition) is 1. The van der Waals surface area contributed by atoms with Crippen molar-refractivity contribution in [3.8, 4) is 0 Å². The highest BCUT2D eigenvalue weighted by atomic mass is 35.5. The number of amides is 1. The van der Waals surface area contributed by atoms with Gasteiger partial charge in [-0.3, -0.25) is 4.79 Å². The van der Waals surface area contributed by atoms with Crippen LogP contribution in [0, 0.1) is 0 Å². The summed E-state index contributed by atoms with van der Waals surface area (Å²) >= 11 is 6.05. The lowest BCUT2D eigenvalue weighted by Crippen LogP contribution is -2.32. The summed E-state index contributed by atoms with van der Waals surface area (Å²) in [5.74, 6) is -0.0911. The second kappa shape index (κ2) is 4.80. The molecule has 0 spiro atoms. The lowest BCUT2D eigenvalue weighted by molar-refractivity contribution is 0.0935. The van der Waals surface area contributed by atoms with Gasteiger partial charge in [-0.25, -0.2) is 0 Å². The molecule has 0 saturated heterocycles. The molecule has 90 valence electrons. The Morgan fingerprint density at radius 2 is 2.29 bits per heavy atom. The van der Waals surface area contributed by atoms with Gasteiger partial charge in [0.15, 0.2) is 0 Å². The van der Waals surface area contributed by atoms with Crippen molar-refractivity contribution in [1.82, 2.24) is 10.3 Å². The number of hydrogen-bond donors (Lipinski definition) is 2. The van der Waals surface area contributed by atoms with Crippen LogP contribution in [0.2, 0.25) is 5.02 Å². The Morgan fingerprint density at radius 1 is 1.53 bits per heavy atom. The number of aromatic amines is 1. The van der Waals surface area contributed by atoms with E-state index in [2.05, 4.69) is 10.3 Å². The molecule has 2 N–H and O–H groups in total. The summed E-state index contributed by atoms with van der Waals surface area (Å²) < 4.78 is 0. The number of aromatic nitrogens is 1.